The minimum Gasteiger partial charge on any atom is -0.411 e. The number of imidazole rings is 1. The zero-order valence-electron chi connectivity index (χ0n) is 15.7. The number of allylic oxidation sites excluding steroid dienone is 6. The fraction of sp³-hybridized carbons (Fsp3) is 0.545. The quantitative estimate of drug-likeness (QED) is 0.570. The molecule has 4 aliphatic carbocycles. The van der Waals surface area contributed by atoms with Gasteiger partial charge in [-0.15, -0.1) is 0 Å². The van der Waals surface area contributed by atoms with Crippen LogP contribution in [0.25, 0.3) is 5.70 Å². The maximum absolute atomic E-state index is 9.19. The van der Waals surface area contributed by atoms with E-state index in [2.05, 4.69) is 53.0 Å². The third-order valence-corrected chi connectivity index (χ3v) is 7.89. The van der Waals surface area contributed by atoms with Crippen LogP contribution in [0.4, 0.5) is 0 Å². The van der Waals surface area contributed by atoms with E-state index in [-0.39, 0.29) is 10.8 Å². The van der Waals surface area contributed by atoms with Gasteiger partial charge in [0.25, 0.3) is 0 Å². The summed E-state index contributed by atoms with van der Waals surface area (Å²) in [4.78, 5) is 4.26. The Morgan fingerprint density at radius 2 is 2.08 bits per heavy atom. The Labute approximate surface area is 155 Å². The first kappa shape index (κ1) is 16.1. The summed E-state index contributed by atoms with van der Waals surface area (Å²) in [5.41, 5.74) is 5.80. The van der Waals surface area contributed by atoms with Gasteiger partial charge in [-0.3, -0.25) is 0 Å². The number of hydrogen-bond acceptors (Lipinski definition) is 3. The van der Waals surface area contributed by atoms with Gasteiger partial charge in [0.2, 0.25) is 0 Å². The summed E-state index contributed by atoms with van der Waals surface area (Å²) in [5.74, 6) is 1.37. The average molecular weight is 349 g/mol. The van der Waals surface area contributed by atoms with Gasteiger partial charge in [-0.1, -0.05) is 36.2 Å². The second-order valence-electron chi connectivity index (χ2n) is 8.94. The van der Waals surface area contributed by atoms with Gasteiger partial charge in [0.15, 0.2) is 0 Å². The largest absolute Gasteiger partial charge is 0.411 e. The van der Waals surface area contributed by atoms with Crippen LogP contribution in [0.3, 0.4) is 0 Å². The van der Waals surface area contributed by atoms with Gasteiger partial charge in [-0.05, 0) is 67.9 Å². The van der Waals surface area contributed by atoms with Crippen molar-refractivity contribution < 1.29 is 5.21 Å². The molecule has 0 saturated heterocycles. The van der Waals surface area contributed by atoms with E-state index in [1.54, 1.807) is 5.57 Å². The highest BCUT2D eigenvalue weighted by Crippen LogP contribution is 2.64. The minimum absolute atomic E-state index is 0.145. The third kappa shape index (κ3) is 2.02. The van der Waals surface area contributed by atoms with Crippen LogP contribution in [0.1, 0.15) is 52.4 Å². The lowest BCUT2D eigenvalue weighted by Crippen LogP contribution is -2.47. The fourth-order valence-corrected chi connectivity index (χ4v) is 6.40. The highest BCUT2D eigenvalue weighted by atomic mass is 16.4. The molecule has 1 N–H and O–H groups in total. The number of oxime groups is 1. The smallest absolute Gasteiger partial charge is 0.0989 e. The molecule has 4 nitrogen and oxygen atoms in total. The summed E-state index contributed by atoms with van der Waals surface area (Å²) in [6.07, 6.45) is 19.6. The summed E-state index contributed by atoms with van der Waals surface area (Å²) >= 11 is 0. The normalized spacial score (nSPS) is 40.2. The molecule has 1 aromatic rings. The van der Waals surface area contributed by atoms with Gasteiger partial charge in [-0.25, -0.2) is 4.98 Å². The molecule has 0 aromatic carbocycles. The third-order valence-electron chi connectivity index (χ3n) is 7.89. The molecule has 0 amide bonds. The first-order valence-corrected chi connectivity index (χ1v) is 9.89. The van der Waals surface area contributed by atoms with Crippen molar-refractivity contribution in [2.45, 2.75) is 52.4 Å². The molecule has 5 rings (SSSR count). The molecule has 4 unspecified atom stereocenters. The van der Waals surface area contributed by atoms with Crippen molar-refractivity contribution in [2.75, 3.05) is 0 Å². The van der Waals surface area contributed by atoms with Crippen LogP contribution in [0, 0.1) is 22.7 Å². The first-order valence-electron chi connectivity index (χ1n) is 9.89. The zero-order valence-corrected chi connectivity index (χ0v) is 15.7. The van der Waals surface area contributed by atoms with Gasteiger partial charge in [-0.2, -0.15) is 0 Å². The fourth-order valence-electron chi connectivity index (χ4n) is 6.40. The van der Waals surface area contributed by atoms with E-state index in [0.29, 0.717) is 11.8 Å². The summed E-state index contributed by atoms with van der Waals surface area (Å²) < 4.78 is 2.20. The lowest BCUT2D eigenvalue weighted by Gasteiger charge is -2.56. The van der Waals surface area contributed by atoms with E-state index < -0.39 is 0 Å². The molecule has 0 aliphatic heterocycles. The Morgan fingerprint density at radius 1 is 1.19 bits per heavy atom. The highest BCUT2D eigenvalue weighted by Gasteiger charge is 2.54. The van der Waals surface area contributed by atoms with Gasteiger partial charge >= 0.3 is 0 Å². The van der Waals surface area contributed by atoms with Gasteiger partial charge in [0, 0.05) is 23.5 Å². The van der Waals surface area contributed by atoms with Crippen LogP contribution in [-0.4, -0.2) is 20.5 Å². The molecule has 2 fully saturated rings. The Hall–Kier alpha value is -2.10. The summed E-state index contributed by atoms with van der Waals surface area (Å²) in [6, 6.07) is 0. The van der Waals surface area contributed by atoms with Gasteiger partial charge < -0.3 is 9.77 Å². The lowest BCUT2D eigenvalue weighted by atomic mass is 9.49. The second kappa shape index (κ2) is 5.45. The molecular formula is C22H27N3O. The molecule has 0 spiro atoms. The van der Waals surface area contributed by atoms with Crippen molar-refractivity contribution in [3.63, 3.8) is 0 Å². The van der Waals surface area contributed by atoms with E-state index >= 15 is 0 Å². The molecule has 136 valence electrons. The standard InChI is InChI=1S/C22H27N3O/c1-21-9-7-16(24-26)13-15(21)3-4-17-18-5-6-20(25-12-11-23-14-25)22(18,2)10-8-19(17)21/h5-6,11-14,17,19,26H,3-4,7-10H2,1-2H3/b24-16+. The molecule has 4 aliphatic rings. The second-order valence-corrected chi connectivity index (χ2v) is 8.94. The van der Waals surface area contributed by atoms with Crippen molar-refractivity contribution in [2.24, 2.45) is 27.8 Å². The number of nitrogens with zero attached hydrogens (tertiary/aromatic N) is 3. The van der Waals surface area contributed by atoms with Crippen molar-refractivity contribution in [3.05, 3.63) is 48.1 Å². The van der Waals surface area contributed by atoms with Crippen molar-refractivity contribution >= 4 is 11.4 Å². The molecule has 1 aromatic heterocycles. The zero-order chi connectivity index (χ0) is 17.9. The lowest BCUT2D eigenvalue weighted by molar-refractivity contribution is 0.0707. The maximum Gasteiger partial charge on any atom is 0.0989 e. The van der Waals surface area contributed by atoms with Crippen LogP contribution in [0.5, 0.6) is 0 Å². The van der Waals surface area contributed by atoms with E-state index in [1.165, 1.54) is 30.5 Å². The van der Waals surface area contributed by atoms with Crippen LogP contribution in [0.2, 0.25) is 0 Å². The van der Waals surface area contributed by atoms with E-state index in [9.17, 15) is 5.21 Å². The van der Waals surface area contributed by atoms with Crippen molar-refractivity contribution in [1.82, 2.24) is 9.55 Å². The van der Waals surface area contributed by atoms with Crippen molar-refractivity contribution in [1.29, 1.82) is 0 Å². The Bertz CT molecular complexity index is 860. The Kier molecular flexibility index (Phi) is 3.37. The number of fused-ring (bicyclic) bond motifs is 5. The number of hydrogen-bond donors (Lipinski definition) is 1. The van der Waals surface area contributed by atoms with Gasteiger partial charge in [0.05, 0.1) is 12.0 Å². The predicted molar refractivity (Wildman–Crippen MR) is 103 cm³/mol. The SMILES string of the molecule is CC12CCC3C(CCC4=C/C(=N/O)CCC43C)C1=CC=C2n1ccnc1. The van der Waals surface area contributed by atoms with Crippen molar-refractivity contribution in [3.8, 4) is 0 Å². The number of rotatable bonds is 1. The first-order chi connectivity index (χ1) is 12.6. The Morgan fingerprint density at radius 3 is 2.85 bits per heavy atom. The topological polar surface area (TPSA) is 50.4 Å². The van der Waals surface area contributed by atoms with Crippen LogP contribution in [0.15, 0.2) is 53.3 Å². The molecule has 1 heterocycles. The van der Waals surface area contributed by atoms with E-state index in [4.69, 9.17) is 0 Å². The maximum atomic E-state index is 9.19. The molecule has 26 heavy (non-hydrogen) atoms. The molecule has 0 radical (unpaired) electrons. The van der Waals surface area contributed by atoms with E-state index in [0.717, 1.165) is 25.0 Å². The summed E-state index contributed by atoms with van der Waals surface area (Å²) in [5, 5.41) is 12.7. The average Bonchev–Trinajstić information content (AvgIpc) is 3.27. The molecule has 4 atom stereocenters. The highest BCUT2D eigenvalue weighted by molar-refractivity contribution is 5.96. The summed E-state index contributed by atoms with van der Waals surface area (Å²) in [7, 11) is 0. The predicted octanol–water partition coefficient (Wildman–Crippen LogP) is 5.05. The van der Waals surface area contributed by atoms with Gasteiger partial charge in [0.1, 0.15) is 0 Å². The molecule has 2 saturated carbocycles. The molecule has 4 heteroatoms. The minimum atomic E-state index is 0.145. The van der Waals surface area contributed by atoms with Crippen LogP contribution < -0.4 is 0 Å². The monoisotopic (exact) mass is 349 g/mol. The molecular weight excluding hydrogens is 322 g/mol. The Balaban J connectivity index is 1.49. The van der Waals surface area contributed by atoms with Crippen LogP contribution >= 0.6 is 0 Å². The van der Waals surface area contributed by atoms with E-state index in [1.807, 2.05) is 12.5 Å². The van der Waals surface area contributed by atoms with Crippen LogP contribution in [-0.2, 0) is 0 Å². The number of aromatic nitrogens is 2. The molecule has 0 bridgehead atoms. The summed E-state index contributed by atoms with van der Waals surface area (Å²) in [6.45, 7) is 4.89.